The van der Waals surface area contributed by atoms with Gasteiger partial charge in [0.1, 0.15) is 6.04 Å². The van der Waals surface area contributed by atoms with E-state index in [0.29, 0.717) is 0 Å². The summed E-state index contributed by atoms with van der Waals surface area (Å²) in [5.41, 5.74) is -0.144. The largest absolute Gasteiger partial charge is 0.481 e. The van der Waals surface area contributed by atoms with Gasteiger partial charge in [-0.25, -0.2) is 13.2 Å². The molecule has 0 aliphatic carbocycles. The molecule has 0 spiro atoms. The fourth-order valence-corrected chi connectivity index (χ4v) is 2.58. The fraction of sp³-hybridized carbons (Fsp3) is 0.182. The molecule has 0 saturated carbocycles. The van der Waals surface area contributed by atoms with Crippen molar-refractivity contribution in [2.24, 2.45) is 0 Å². The third-order valence-electron chi connectivity index (χ3n) is 2.39. The molecule has 1 aromatic carbocycles. The van der Waals surface area contributed by atoms with E-state index in [0.717, 1.165) is 24.3 Å². The van der Waals surface area contributed by atoms with Gasteiger partial charge in [0.25, 0.3) is 0 Å². The number of benzene rings is 1. The van der Waals surface area contributed by atoms with Crippen molar-refractivity contribution in [1.29, 1.82) is 0 Å². The van der Waals surface area contributed by atoms with Gasteiger partial charge in [0.05, 0.1) is 16.9 Å². The second-order valence-electron chi connectivity index (χ2n) is 3.94. The predicted molar refractivity (Wildman–Crippen MR) is 67.4 cm³/mol. The van der Waals surface area contributed by atoms with Gasteiger partial charge in [0.2, 0.25) is 10.0 Å². The van der Waals surface area contributed by atoms with E-state index in [1.807, 2.05) is 0 Å². The molecule has 1 aromatic rings. The quantitative estimate of drug-likeness (QED) is 0.528. The van der Waals surface area contributed by atoms with Crippen molar-refractivity contribution in [3.8, 4) is 0 Å². The molecule has 0 aromatic heterocycles. The molecule has 21 heavy (non-hydrogen) atoms. The van der Waals surface area contributed by atoms with Crippen molar-refractivity contribution in [2.45, 2.75) is 17.4 Å². The molecule has 0 fully saturated rings. The summed E-state index contributed by atoms with van der Waals surface area (Å²) >= 11 is 0. The van der Waals surface area contributed by atoms with Crippen LogP contribution in [0.2, 0.25) is 0 Å². The summed E-state index contributed by atoms with van der Waals surface area (Å²) in [4.78, 5) is 31.6. The maximum Gasteiger partial charge on any atom is 0.335 e. The number of aromatic carboxylic acids is 1. The number of hydrogen-bond donors (Lipinski definition) is 4. The van der Waals surface area contributed by atoms with Crippen LogP contribution >= 0.6 is 0 Å². The summed E-state index contributed by atoms with van der Waals surface area (Å²) in [6, 6.07) is 2.19. The summed E-state index contributed by atoms with van der Waals surface area (Å²) < 4.78 is 25.5. The van der Waals surface area contributed by atoms with Crippen molar-refractivity contribution in [1.82, 2.24) is 4.72 Å². The van der Waals surface area contributed by atoms with E-state index in [4.69, 9.17) is 15.3 Å². The summed E-state index contributed by atoms with van der Waals surface area (Å²) in [6.07, 6.45) is -0.929. The van der Waals surface area contributed by atoms with Crippen LogP contribution < -0.4 is 4.72 Å². The van der Waals surface area contributed by atoms with Crippen LogP contribution in [-0.4, -0.2) is 47.7 Å². The molecule has 0 heterocycles. The van der Waals surface area contributed by atoms with Crippen LogP contribution in [-0.2, 0) is 19.6 Å². The first-order valence-corrected chi connectivity index (χ1v) is 6.92. The third kappa shape index (κ3) is 4.54. The van der Waals surface area contributed by atoms with E-state index >= 15 is 0 Å². The minimum absolute atomic E-state index is 0.144. The van der Waals surface area contributed by atoms with Gasteiger partial charge in [-0.3, -0.25) is 9.59 Å². The normalized spacial score (nSPS) is 12.6. The number of aliphatic carboxylic acids is 2. The zero-order valence-electron chi connectivity index (χ0n) is 10.4. The molecule has 9 nitrogen and oxygen atoms in total. The lowest BCUT2D eigenvalue weighted by molar-refractivity contribution is -0.145. The Hall–Kier alpha value is -2.46. The lowest BCUT2D eigenvalue weighted by atomic mass is 10.2. The molecule has 0 bridgehead atoms. The monoisotopic (exact) mass is 317 g/mol. The Morgan fingerprint density at radius 2 is 1.57 bits per heavy atom. The Morgan fingerprint density at radius 3 is 1.95 bits per heavy atom. The summed E-state index contributed by atoms with van der Waals surface area (Å²) in [7, 11) is -4.28. The maximum atomic E-state index is 11.9. The van der Waals surface area contributed by atoms with Gasteiger partial charge in [-0.2, -0.15) is 4.72 Å². The van der Waals surface area contributed by atoms with Crippen molar-refractivity contribution < 1.29 is 38.1 Å². The zero-order valence-corrected chi connectivity index (χ0v) is 11.2. The number of carboxylic acid groups (broad SMARTS) is 3. The fourth-order valence-electron chi connectivity index (χ4n) is 1.39. The van der Waals surface area contributed by atoms with E-state index in [1.165, 1.54) is 0 Å². The zero-order chi connectivity index (χ0) is 16.2. The molecule has 0 saturated heterocycles. The number of hydrogen-bond acceptors (Lipinski definition) is 5. The SMILES string of the molecule is O=C(O)C[C@H](NS(=O)(=O)c1ccc(C(=O)O)cc1)C(=O)O. The van der Waals surface area contributed by atoms with Gasteiger partial charge in [0, 0.05) is 0 Å². The van der Waals surface area contributed by atoms with Gasteiger partial charge >= 0.3 is 17.9 Å². The van der Waals surface area contributed by atoms with Crippen LogP contribution in [0.15, 0.2) is 29.2 Å². The average Bonchev–Trinajstić information content (AvgIpc) is 2.37. The van der Waals surface area contributed by atoms with E-state index in [9.17, 15) is 22.8 Å². The van der Waals surface area contributed by atoms with Crippen LogP contribution in [0.25, 0.3) is 0 Å². The number of nitrogens with one attached hydrogen (secondary N) is 1. The second kappa shape index (κ2) is 6.33. The number of sulfonamides is 1. The van der Waals surface area contributed by atoms with Gasteiger partial charge in [-0.1, -0.05) is 0 Å². The molecule has 0 aliphatic heterocycles. The van der Waals surface area contributed by atoms with Gasteiger partial charge in [0.15, 0.2) is 0 Å². The van der Waals surface area contributed by atoms with Gasteiger partial charge in [-0.15, -0.1) is 0 Å². The number of rotatable bonds is 7. The lowest BCUT2D eigenvalue weighted by Gasteiger charge is -2.12. The van der Waals surface area contributed by atoms with E-state index in [2.05, 4.69) is 0 Å². The van der Waals surface area contributed by atoms with Crippen LogP contribution in [0.5, 0.6) is 0 Å². The van der Waals surface area contributed by atoms with Gasteiger partial charge in [-0.05, 0) is 24.3 Å². The van der Waals surface area contributed by atoms with E-state index < -0.39 is 40.4 Å². The van der Waals surface area contributed by atoms with Crippen LogP contribution in [0.4, 0.5) is 0 Å². The van der Waals surface area contributed by atoms with Crippen molar-refractivity contribution in [2.75, 3.05) is 0 Å². The Bertz CT molecular complexity index is 664. The highest BCUT2D eigenvalue weighted by Crippen LogP contribution is 2.12. The Kier molecular flexibility index (Phi) is 5.00. The minimum Gasteiger partial charge on any atom is -0.481 e. The molecule has 4 N–H and O–H groups in total. The minimum atomic E-state index is -4.28. The smallest absolute Gasteiger partial charge is 0.335 e. The molecule has 114 valence electrons. The summed E-state index contributed by atoms with van der Waals surface area (Å²) in [6.45, 7) is 0. The highest BCUT2D eigenvalue weighted by molar-refractivity contribution is 7.89. The third-order valence-corrected chi connectivity index (χ3v) is 3.87. The molecular weight excluding hydrogens is 306 g/mol. The Morgan fingerprint density at radius 1 is 1.05 bits per heavy atom. The Labute approximate surface area is 118 Å². The van der Waals surface area contributed by atoms with Crippen LogP contribution in [0, 0.1) is 0 Å². The predicted octanol–water partition coefficient (Wildman–Crippen LogP) is -0.409. The number of carboxylic acids is 3. The van der Waals surface area contributed by atoms with Crippen molar-refractivity contribution >= 4 is 27.9 Å². The van der Waals surface area contributed by atoms with Gasteiger partial charge < -0.3 is 15.3 Å². The average molecular weight is 317 g/mol. The summed E-state index contributed by atoms with van der Waals surface area (Å²) in [5.74, 6) is -4.37. The van der Waals surface area contributed by atoms with E-state index in [-0.39, 0.29) is 10.5 Å². The lowest BCUT2D eigenvalue weighted by Crippen LogP contribution is -2.42. The van der Waals surface area contributed by atoms with Crippen molar-refractivity contribution in [3.63, 3.8) is 0 Å². The molecule has 10 heteroatoms. The van der Waals surface area contributed by atoms with E-state index in [1.54, 1.807) is 4.72 Å². The molecular formula is C11H11NO8S. The highest BCUT2D eigenvalue weighted by atomic mass is 32.2. The first kappa shape index (κ1) is 16.6. The molecule has 0 unspecified atom stereocenters. The molecule has 0 amide bonds. The van der Waals surface area contributed by atoms with Crippen LogP contribution in [0.3, 0.4) is 0 Å². The molecule has 1 rings (SSSR count). The Balaban J connectivity index is 3.01. The van der Waals surface area contributed by atoms with Crippen LogP contribution in [0.1, 0.15) is 16.8 Å². The molecule has 1 atom stereocenters. The summed E-state index contributed by atoms with van der Waals surface area (Å²) in [5, 5.41) is 26.0. The first-order valence-electron chi connectivity index (χ1n) is 5.44. The molecule has 0 aliphatic rings. The topological polar surface area (TPSA) is 158 Å². The van der Waals surface area contributed by atoms with Crippen molar-refractivity contribution in [3.05, 3.63) is 29.8 Å². The molecule has 0 radical (unpaired) electrons. The number of carbonyl (C=O) groups is 3. The second-order valence-corrected chi connectivity index (χ2v) is 5.65. The standard InChI is InChI=1S/C11H11NO8S/c13-9(14)5-8(11(17)18)12-21(19,20)7-3-1-6(2-4-7)10(15)16/h1-4,8,12H,5H2,(H,13,14)(H,15,16)(H,17,18)/t8-/m0/s1. The first-order chi connectivity index (χ1) is 9.63. The maximum absolute atomic E-state index is 11.9. The highest BCUT2D eigenvalue weighted by Gasteiger charge is 2.27.